The first-order chi connectivity index (χ1) is 11.8. The molecule has 1 N–H and O–H groups in total. The Labute approximate surface area is 142 Å². The van der Waals surface area contributed by atoms with E-state index in [-0.39, 0.29) is 5.91 Å². The number of hydrogen-bond acceptors (Lipinski definition) is 5. The van der Waals surface area contributed by atoms with Gasteiger partial charge in [-0.3, -0.25) is 9.78 Å². The van der Waals surface area contributed by atoms with Crippen molar-refractivity contribution in [1.29, 1.82) is 0 Å². The molecule has 6 heteroatoms. The molecule has 3 heterocycles. The molecular weight excluding hydrogens is 302 g/mol. The molecule has 1 fully saturated rings. The highest BCUT2D eigenvalue weighted by Gasteiger charge is 2.26. The lowest BCUT2D eigenvalue weighted by Gasteiger charge is -2.34. The fourth-order valence-electron chi connectivity index (χ4n) is 3.06. The number of nitrogens with one attached hydrogen (secondary N) is 1. The van der Waals surface area contributed by atoms with Crippen molar-refractivity contribution in [2.24, 2.45) is 0 Å². The van der Waals surface area contributed by atoms with E-state index >= 15 is 0 Å². The maximum atomic E-state index is 12.7. The van der Waals surface area contributed by atoms with Crippen molar-refractivity contribution in [1.82, 2.24) is 19.9 Å². The van der Waals surface area contributed by atoms with Gasteiger partial charge in [0.2, 0.25) is 0 Å². The lowest BCUT2D eigenvalue weighted by molar-refractivity contribution is 0.0601. The lowest BCUT2D eigenvalue weighted by atomic mass is 10.00. The molecule has 126 valence electrons. The van der Waals surface area contributed by atoms with Crippen molar-refractivity contribution in [2.45, 2.75) is 45.2 Å². The molecular formula is C18H23N5O. The summed E-state index contributed by atoms with van der Waals surface area (Å²) in [5.41, 5.74) is 1.49. The van der Waals surface area contributed by atoms with Gasteiger partial charge in [0, 0.05) is 31.5 Å². The molecule has 1 unspecified atom stereocenters. The molecule has 3 rings (SSSR count). The summed E-state index contributed by atoms with van der Waals surface area (Å²) in [7, 11) is 0. The minimum Gasteiger partial charge on any atom is -0.365 e. The number of likely N-dealkylation sites (tertiary alicyclic amines) is 1. The monoisotopic (exact) mass is 325 g/mol. The Morgan fingerprint density at radius 3 is 2.92 bits per heavy atom. The van der Waals surface area contributed by atoms with Crippen LogP contribution in [-0.4, -0.2) is 38.3 Å². The highest BCUT2D eigenvalue weighted by molar-refractivity contribution is 5.92. The zero-order valence-corrected chi connectivity index (χ0v) is 14.0. The van der Waals surface area contributed by atoms with E-state index in [4.69, 9.17) is 0 Å². The normalized spacial score (nSPS) is 17.5. The van der Waals surface area contributed by atoms with Crippen molar-refractivity contribution >= 4 is 11.7 Å². The van der Waals surface area contributed by atoms with Gasteiger partial charge in [0.1, 0.15) is 11.5 Å². The number of carbonyl (C=O) groups is 1. The second-order valence-corrected chi connectivity index (χ2v) is 6.06. The zero-order chi connectivity index (χ0) is 16.8. The van der Waals surface area contributed by atoms with Gasteiger partial charge in [-0.25, -0.2) is 9.97 Å². The largest absolute Gasteiger partial charge is 0.365 e. The van der Waals surface area contributed by atoms with Crippen LogP contribution in [-0.2, 0) is 6.54 Å². The molecule has 0 radical (unpaired) electrons. The van der Waals surface area contributed by atoms with Crippen molar-refractivity contribution < 1.29 is 4.79 Å². The molecule has 6 nitrogen and oxygen atoms in total. The van der Waals surface area contributed by atoms with Crippen LogP contribution in [0.1, 0.15) is 48.7 Å². The van der Waals surface area contributed by atoms with Crippen LogP contribution in [0.2, 0.25) is 0 Å². The maximum Gasteiger partial charge on any atom is 0.274 e. The molecule has 2 aromatic heterocycles. The number of anilines is 1. The number of hydrogen-bond donors (Lipinski definition) is 1. The van der Waals surface area contributed by atoms with E-state index in [0.717, 1.165) is 31.4 Å². The molecule has 0 aromatic carbocycles. The molecule has 1 amide bonds. The molecule has 1 aliphatic heterocycles. The lowest BCUT2D eigenvalue weighted by Crippen LogP contribution is -2.43. The van der Waals surface area contributed by atoms with Gasteiger partial charge in [-0.1, -0.05) is 13.0 Å². The average Bonchev–Trinajstić information content (AvgIpc) is 2.67. The van der Waals surface area contributed by atoms with Gasteiger partial charge in [0.15, 0.2) is 0 Å². The van der Waals surface area contributed by atoms with Crippen molar-refractivity contribution in [2.75, 3.05) is 11.9 Å². The Hall–Kier alpha value is -2.50. The van der Waals surface area contributed by atoms with Crippen LogP contribution < -0.4 is 5.32 Å². The van der Waals surface area contributed by atoms with Gasteiger partial charge in [-0.15, -0.1) is 0 Å². The number of nitrogens with zero attached hydrogens (tertiary/aromatic N) is 4. The first kappa shape index (κ1) is 16.4. The average molecular weight is 325 g/mol. The Balaban J connectivity index is 1.62. The Bertz CT molecular complexity index is 659. The second-order valence-electron chi connectivity index (χ2n) is 6.06. The Kier molecular flexibility index (Phi) is 5.36. The smallest absolute Gasteiger partial charge is 0.274 e. The molecule has 0 spiro atoms. The standard InChI is InChI=1S/C18H23N5O/c1-2-15-7-3-4-9-23(15)18(24)16-12-22-17(13-20-16)21-11-14-6-5-8-19-10-14/h5-6,8,10,12-13,15H,2-4,7,9,11H2,1H3,(H,21,22). The molecule has 1 saturated heterocycles. The van der Waals surface area contributed by atoms with Gasteiger partial charge >= 0.3 is 0 Å². The quantitative estimate of drug-likeness (QED) is 0.915. The first-order valence-corrected chi connectivity index (χ1v) is 8.53. The summed E-state index contributed by atoms with van der Waals surface area (Å²) in [6.07, 6.45) is 11.1. The molecule has 0 bridgehead atoms. The van der Waals surface area contributed by atoms with Crippen LogP contribution in [0.3, 0.4) is 0 Å². The van der Waals surface area contributed by atoms with Crippen molar-refractivity contribution in [3.63, 3.8) is 0 Å². The van der Waals surface area contributed by atoms with E-state index in [0.29, 0.717) is 24.1 Å². The summed E-state index contributed by atoms with van der Waals surface area (Å²) in [5, 5.41) is 3.19. The highest BCUT2D eigenvalue weighted by atomic mass is 16.2. The summed E-state index contributed by atoms with van der Waals surface area (Å²) in [4.78, 5) is 27.3. The van der Waals surface area contributed by atoms with Gasteiger partial charge < -0.3 is 10.2 Å². The third-order valence-corrected chi connectivity index (χ3v) is 4.43. The maximum absolute atomic E-state index is 12.7. The molecule has 1 atom stereocenters. The number of pyridine rings is 1. The predicted octanol–water partition coefficient (Wildman–Crippen LogP) is 2.89. The van der Waals surface area contributed by atoms with E-state index in [1.165, 1.54) is 6.42 Å². The molecule has 0 saturated carbocycles. The minimum atomic E-state index is -0.00661. The minimum absolute atomic E-state index is 0.00661. The Morgan fingerprint density at radius 2 is 2.21 bits per heavy atom. The number of carbonyl (C=O) groups excluding carboxylic acids is 1. The number of amides is 1. The predicted molar refractivity (Wildman–Crippen MR) is 92.6 cm³/mol. The fourth-order valence-corrected chi connectivity index (χ4v) is 3.06. The van der Waals surface area contributed by atoms with E-state index in [1.54, 1.807) is 24.8 Å². The second kappa shape index (κ2) is 7.86. The van der Waals surface area contributed by atoms with E-state index in [1.807, 2.05) is 17.0 Å². The molecule has 2 aromatic rings. The molecule has 0 aliphatic carbocycles. The number of piperidine rings is 1. The molecule has 24 heavy (non-hydrogen) atoms. The summed E-state index contributed by atoms with van der Waals surface area (Å²) >= 11 is 0. The van der Waals surface area contributed by atoms with Crippen LogP contribution in [0.25, 0.3) is 0 Å². The third kappa shape index (κ3) is 3.88. The first-order valence-electron chi connectivity index (χ1n) is 8.53. The van der Waals surface area contributed by atoms with Crippen LogP contribution in [0, 0.1) is 0 Å². The SMILES string of the molecule is CCC1CCCCN1C(=O)c1cnc(NCc2cccnc2)cn1. The fraction of sp³-hybridized carbons (Fsp3) is 0.444. The van der Waals surface area contributed by atoms with Gasteiger partial charge in [0.25, 0.3) is 5.91 Å². The highest BCUT2D eigenvalue weighted by Crippen LogP contribution is 2.21. The van der Waals surface area contributed by atoms with Crippen LogP contribution in [0.15, 0.2) is 36.9 Å². The third-order valence-electron chi connectivity index (χ3n) is 4.43. The van der Waals surface area contributed by atoms with Crippen molar-refractivity contribution in [3.8, 4) is 0 Å². The van der Waals surface area contributed by atoms with Crippen LogP contribution in [0.4, 0.5) is 5.82 Å². The molecule has 1 aliphatic rings. The van der Waals surface area contributed by atoms with Gasteiger partial charge in [0.05, 0.1) is 12.4 Å². The Morgan fingerprint density at radius 1 is 1.29 bits per heavy atom. The van der Waals surface area contributed by atoms with E-state index in [9.17, 15) is 4.79 Å². The van der Waals surface area contributed by atoms with E-state index < -0.39 is 0 Å². The summed E-state index contributed by atoms with van der Waals surface area (Å²) < 4.78 is 0. The van der Waals surface area contributed by atoms with Crippen molar-refractivity contribution in [3.05, 3.63) is 48.2 Å². The van der Waals surface area contributed by atoms with E-state index in [2.05, 4.69) is 27.2 Å². The van der Waals surface area contributed by atoms with Crippen LogP contribution >= 0.6 is 0 Å². The van der Waals surface area contributed by atoms with Gasteiger partial charge in [-0.2, -0.15) is 0 Å². The summed E-state index contributed by atoms with van der Waals surface area (Å²) in [6, 6.07) is 4.22. The zero-order valence-electron chi connectivity index (χ0n) is 14.0. The summed E-state index contributed by atoms with van der Waals surface area (Å²) in [6.45, 7) is 3.58. The van der Waals surface area contributed by atoms with Crippen LogP contribution in [0.5, 0.6) is 0 Å². The topological polar surface area (TPSA) is 71.0 Å². The summed E-state index contributed by atoms with van der Waals surface area (Å²) in [5.74, 6) is 0.647. The number of rotatable bonds is 5. The van der Waals surface area contributed by atoms with Gasteiger partial charge in [-0.05, 0) is 37.3 Å². The number of aromatic nitrogens is 3.